The topological polar surface area (TPSA) is 143 Å². The van der Waals surface area contributed by atoms with E-state index in [0.29, 0.717) is 64.9 Å². The third-order valence-corrected chi connectivity index (χ3v) is 19.9. The lowest BCUT2D eigenvalue weighted by molar-refractivity contribution is -0.161. The van der Waals surface area contributed by atoms with Gasteiger partial charge in [0.15, 0.2) is 0 Å². The van der Waals surface area contributed by atoms with Crippen LogP contribution < -0.4 is 0 Å². The molecule has 7 atom stereocenters. The van der Waals surface area contributed by atoms with Crippen LogP contribution in [-0.4, -0.2) is 108 Å². The van der Waals surface area contributed by atoms with Gasteiger partial charge in [-0.15, -0.1) is 0 Å². The second-order valence-electron chi connectivity index (χ2n) is 24.5. The van der Waals surface area contributed by atoms with Crippen molar-refractivity contribution in [3.05, 3.63) is 283 Å². The van der Waals surface area contributed by atoms with Crippen molar-refractivity contribution in [3.8, 4) is 0 Å². The standard InChI is InChI=1S/C24H28ClNO3.C23H26ClNO2.C15H13ClO2.C9H10O2.C7H6BrCl/c1-26-20-11-12-21(26)14-22(13-20)29-23(28)24(16-27,18-5-3-2-4-6-18)15-17-7-9-19(25)10-8-17;1-25-19-11-12-20(25)15-21(14-19)27-23(26)22(17-5-3-2-4-6-17)13-16-7-9-18(24)10-8-16;16-13-8-6-11(7-9-13)10-14(15(17)18)12-4-2-1-3-5-12;1-11-9(10)7-8-5-3-2-4-6-8;8-5-6-1-3-7(9)4-2-6/h2-10,20-22,27H,11-16H2,1H3;2-10,19-22H,11-15H2,1H3;1-9,14H,10H2,(H,17,18);2-6H,7H2,1H3;1-4H,5H2. The van der Waals surface area contributed by atoms with Crippen LogP contribution in [0.15, 0.2) is 218 Å². The van der Waals surface area contributed by atoms with E-state index in [1.54, 1.807) is 12.1 Å². The van der Waals surface area contributed by atoms with Crippen molar-refractivity contribution < 1.29 is 43.6 Å². The van der Waals surface area contributed by atoms with E-state index in [-0.39, 0.29) is 42.6 Å². The molecule has 0 aromatic heterocycles. The van der Waals surface area contributed by atoms with Gasteiger partial charge in [-0.1, -0.05) is 232 Å². The highest BCUT2D eigenvalue weighted by Crippen LogP contribution is 2.39. The minimum absolute atomic E-state index is 0.0441. The smallest absolute Gasteiger partial charge is 0.319 e. The van der Waals surface area contributed by atoms with Crippen LogP contribution in [0.3, 0.4) is 0 Å². The normalized spacial score (nSPS) is 19.8. The van der Waals surface area contributed by atoms with Gasteiger partial charge in [0, 0.05) is 49.6 Å². The molecule has 0 radical (unpaired) electrons. The molecule has 4 bridgehead atoms. The SMILES string of the molecule is CN1C2CCC1CC(OC(=O)C(CO)(Cc1ccc(Cl)cc1)c1ccccc1)C2.CN1C2CCC1CC(OC(=O)C(Cc1ccc(Cl)cc1)c1ccccc1)C2.COC(=O)Cc1ccccc1.Clc1ccc(CBr)cc1.O=C(O)C(Cc1ccc(Cl)cc1)c1ccccc1. The fraction of sp³-hybridized carbons (Fsp3) is 0.333. The predicted octanol–water partition coefficient (Wildman–Crippen LogP) is 17.2. The number of halogens is 5. The monoisotopic (exact) mass is 1410 g/mol. The maximum atomic E-state index is 13.5. The Kier molecular flexibility index (Phi) is 28.6. The van der Waals surface area contributed by atoms with Crippen LogP contribution in [0.1, 0.15) is 108 Å². The van der Waals surface area contributed by atoms with Crippen molar-refractivity contribution in [2.45, 2.75) is 136 Å². The Morgan fingerprint density at radius 1 is 0.489 bits per heavy atom. The molecule has 8 aromatic rings. The van der Waals surface area contributed by atoms with Crippen molar-refractivity contribution in [1.29, 1.82) is 0 Å². The summed E-state index contributed by atoms with van der Waals surface area (Å²) in [5.41, 5.74) is 6.71. The van der Waals surface area contributed by atoms with E-state index in [4.69, 9.17) is 55.9 Å². The van der Waals surface area contributed by atoms with Gasteiger partial charge >= 0.3 is 23.9 Å². The van der Waals surface area contributed by atoms with Gasteiger partial charge in [0.05, 0.1) is 32.0 Å². The lowest BCUT2D eigenvalue weighted by Gasteiger charge is -2.38. The summed E-state index contributed by atoms with van der Waals surface area (Å²) in [5, 5.41) is 23.5. The van der Waals surface area contributed by atoms with E-state index in [1.165, 1.54) is 38.4 Å². The summed E-state index contributed by atoms with van der Waals surface area (Å²) in [6.45, 7) is -0.308. The zero-order valence-corrected chi connectivity index (χ0v) is 57.9. The minimum Gasteiger partial charge on any atom is -0.481 e. The molecule has 16 heteroatoms. The van der Waals surface area contributed by atoms with Crippen molar-refractivity contribution >= 4 is 86.2 Å². The maximum Gasteiger partial charge on any atom is 0.319 e. The fourth-order valence-electron chi connectivity index (χ4n) is 12.8. The van der Waals surface area contributed by atoms with Crippen LogP contribution in [0.4, 0.5) is 0 Å². The van der Waals surface area contributed by atoms with Crippen molar-refractivity contribution in [2.24, 2.45) is 0 Å². The van der Waals surface area contributed by atoms with Gasteiger partial charge < -0.3 is 34.2 Å². The van der Waals surface area contributed by atoms with Gasteiger partial charge in [-0.25, -0.2) is 0 Å². The van der Waals surface area contributed by atoms with Crippen LogP contribution in [0, 0.1) is 0 Å². The van der Waals surface area contributed by atoms with E-state index < -0.39 is 17.3 Å². The lowest BCUT2D eigenvalue weighted by Crippen LogP contribution is -2.48. The van der Waals surface area contributed by atoms with Gasteiger partial charge in [-0.05, 0) is 178 Å². The number of piperidine rings is 2. The molecule has 0 aliphatic carbocycles. The Morgan fingerprint density at radius 2 is 0.851 bits per heavy atom. The number of carboxylic acids is 1. The van der Waals surface area contributed by atoms with Gasteiger partial charge in [-0.2, -0.15) is 0 Å². The van der Waals surface area contributed by atoms with Crippen LogP contribution >= 0.6 is 62.3 Å². The number of benzene rings is 8. The van der Waals surface area contributed by atoms with Crippen molar-refractivity contribution in [3.63, 3.8) is 0 Å². The Morgan fingerprint density at radius 3 is 1.24 bits per heavy atom. The first-order chi connectivity index (χ1) is 45.4. The first-order valence-electron chi connectivity index (χ1n) is 31.9. The number of carbonyl (C=O) groups excluding carboxylic acids is 3. The van der Waals surface area contributed by atoms with Crippen LogP contribution in [-0.2, 0) is 69.8 Å². The summed E-state index contributed by atoms with van der Waals surface area (Å²) in [6, 6.07) is 70.5. The highest BCUT2D eigenvalue weighted by molar-refractivity contribution is 9.08. The average Bonchev–Trinajstić information content (AvgIpc) is 1.10. The molecule has 4 saturated heterocycles. The second-order valence-corrected chi connectivity index (χ2v) is 26.8. The minimum atomic E-state index is -1.13. The molecule has 11 nitrogen and oxygen atoms in total. The summed E-state index contributed by atoms with van der Waals surface area (Å²) in [5.74, 6) is -2.26. The van der Waals surface area contributed by atoms with E-state index in [1.807, 2.05) is 206 Å². The number of carbonyl (C=O) groups is 4. The number of nitrogens with zero attached hydrogens (tertiary/aromatic N) is 2. The number of carboxylic acid groups (broad SMARTS) is 1. The third-order valence-electron chi connectivity index (χ3n) is 18.3. The van der Waals surface area contributed by atoms with Crippen LogP contribution in [0.2, 0.25) is 20.1 Å². The first-order valence-corrected chi connectivity index (χ1v) is 34.6. The fourth-order valence-corrected chi connectivity index (χ4v) is 13.7. The molecular formula is C78H83BrCl4N2O9. The number of aliphatic hydroxyl groups is 1. The number of fused-ring (bicyclic) bond motifs is 4. The number of ether oxygens (including phenoxy) is 3. The molecule has 4 aliphatic rings. The predicted molar refractivity (Wildman–Crippen MR) is 380 cm³/mol. The summed E-state index contributed by atoms with van der Waals surface area (Å²) in [4.78, 5) is 53.7. The summed E-state index contributed by atoms with van der Waals surface area (Å²) in [6.07, 6.45) is 10.2. The molecule has 4 heterocycles. The zero-order valence-electron chi connectivity index (χ0n) is 53.3. The Hall–Kier alpha value is -6.84. The largest absolute Gasteiger partial charge is 0.481 e. The van der Waals surface area contributed by atoms with Gasteiger partial charge in [0.25, 0.3) is 0 Å². The number of rotatable bonds is 18. The van der Waals surface area contributed by atoms with Gasteiger partial charge in [0.2, 0.25) is 0 Å². The van der Waals surface area contributed by atoms with Crippen LogP contribution in [0.5, 0.6) is 0 Å². The summed E-state index contributed by atoms with van der Waals surface area (Å²) >= 11 is 26.8. The second kappa shape index (κ2) is 36.9. The maximum absolute atomic E-state index is 13.5. The molecule has 0 spiro atoms. The molecule has 2 N–H and O–H groups in total. The Balaban J connectivity index is 0.000000160. The summed E-state index contributed by atoms with van der Waals surface area (Å²) in [7, 11) is 5.77. The number of hydrogen-bond acceptors (Lipinski definition) is 10. The first kappa shape index (κ1) is 73.0. The number of alkyl halides is 1. The lowest BCUT2D eigenvalue weighted by atomic mass is 9.76. The number of methoxy groups -OCH3 is 1. The zero-order chi connectivity index (χ0) is 67.0. The van der Waals surface area contributed by atoms with Gasteiger partial charge in [-0.3, -0.25) is 19.2 Å². The van der Waals surface area contributed by atoms with E-state index in [0.717, 1.165) is 75.0 Å². The summed E-state index contributed by atoms with van der Waals surface area (Å²) < 4.78 is 16.6. The molecule has 494 valence electrons. The average molecular weight is 1410 g/mol. The number of aliphatic carboxylic acids is 1. The molecule has 8 aromatic carbocycles. The quantitative estimate of drug-likeness (QED) is 0.0481. The molecule has 4 fully saturated rings. The molecule has 4 aliphatic heterocycles. The third kappa shape index (κ3) is 21.6. The Labute approximate surface area is 582 Å². The number of hydrogen-bond donors (Lipinski definition) is 2. The van der Waals surface area contributed by atoms with Gasteiger partial charge in [0.1, 0.15) is 17.6 Å². The number of esters is 3. The molecule has 94 heavy (non-hydrogen) atoms. The van der Waals surface area contributed by atoms with Crippen molar-refractivity contribution in [1.82, 2.24) is 9.80 Å². The molecule has 7 unspecified atom stereocenters. The van der Waals surface area contributed by atoms with Crippen LogP contribution in [0.25, 0.3) is 0 Å². The number of aliphatic hydroxyl groups excluding tert-OH is 1. The van der Waals surface area contributed by atoms with E-state index in [9.17, 15) is 29.4 Å². The van der Waals surface area contributed by atoms with E-state index >= 15 is 0 Å². The molecule has 0 saturated carbocycles. The highest BCUT2D eigenvalue weighted by atomic mass is 79.9. The molecular weight excluding hydrogens is 1330 g/mol. The molecule has 12 rings (SSSR count). The highest BCUT2D eigenvalue weighted by Gasteiger charge is 2.46. The Bertz CT molecular complexity index is 3570. The van der Waals surface area contributed by atoms with Crippen molar-refractivity contribution in [2.75, 3.05) is 27.8 Å². The molecule has 0 amide bonds. The van der Waals surface area contributed by atoms with E-state index in [2.05, 4.69) is 44.6 Å².